The summed E-state index contributed by atoms with van der Waals surface area (Å²) in [4.78, 5) is 24.9. The molecule has 0 saturated carbocycles. The van der Waals surface area contributed by atoms with E-state index in [1.165, 1.54) is 0 Å². The second-order valence-corrected chi connectivity index (χ2v) is 5.81. The Labute approximate surface area is 146 Å². The number of benzene rings is 2. The van der Waals surface area contributed by atoms with E-state index in [9.17, 15) is 9.59 Å². The summed E-state index contributed by atoms with van der Waals surface area (Å²) in [5, 5.41) is 6.52. The monoisotopic (exact) mass is 336 g/mol. The molecule has 3 rings (SSSR count). The molecule has 5 nitrogen and oxygen atoms in total. The van der Waals surface area contributed by atoms with Crippen LogP contribution in [0.4, 0.5) is 5.69 Å². The smallest absolute Gasteiger partial charge is 0.291 e. The molecule has 1 aromatic heterocycles. The van der Waals surface area contributed by atoms with Gasteiger partial charge in [-0.2, -0.15) is 0 Å². The highest BCUT2D eigenvalue weighted by Crippen LogP contribution is 2.26. The number of hydrogen-bond donors (Lipinski definition) is 2. The molecule has 2 amide bonds. The van der Waals surface area contributed by atoms with Crippen molar-refractivity contribution in [3.05, 3.63) is 65.4 Å². The third-order valence-electron chi connectivity index (χ3n) is 4.01. The van der Waals surface area contributed by atoms with E-state index < -0.39 is 0 Å². The van der Waals surface area contributed by atoms with Crippen molar-refractivity contribution in [3.8, 4) is 0 Å². The minimum Gasteiger partial charge on any atom is -0.451 e. The van der Waals surface area contributed by atoms with E-state index in [-0.39, 0.29) is 17.6 Å². The molecule has 25 heavy (non-hydrogen) atoms. The van der Waals surface area contributed by atoms with Crippen molar-refractivity contribution in [1.82, 2.24) is 5.32 Å². The molecule has 0 radical (unpaired) electrons. The lowest BCUT2D eigenvalue weighted by Gasteiger charge is -2.10. The molecule has 2 aromatic carbocycles. The third kappa shape index (κ3) is 3.40. The Kier molecular flexibility index (Phi) is 4.84. The number of anilines is 1. The van der Waals surface area contributed by atoms with Gasteiger partial charge in [-0.25, -0.2) is 0 Å². The van der Waals surface area contributed by atoms with Crippen LogP contribution in [0, 0.1) is 6.92 Å². The minimum absolute atomic E-state index is 0.209. The van der Waals surface area contributed by atoms with Gasteiger partial charge in [-0.3, -0.25) is 9.59 Å². The van der Waals surface area contributed by atoms with Crippen LogP contribution in [0.25, 0.3) is 11.0 Å². The van der Waals surface area contributed by atoms with Crippen LogP contribution in [-0.4, -0.2) is 18.4 Å². The van der Waals surface area contributed by atoms with Crippen LogP contribution in [-0.2, 0) is 0 Å². The molecule has 0 spiro atoms. The predicted molar refractivity (Wildman–Crippen MR) is 98.0 cm³/mol. The van der Waals surface area contributed by atoms with Crippen LogP contribution in [0.1, 0.15) is 39.8 Å². The van der Waals surface area contributed by atoms with Crippen molar-refractivity contribution >= 4 is 28.5 Å². The zero-order valence-corrected chi connectivity index (χ0v) is 14.3. The molecule has 0 unspecified atom stereocenters. The zero-order chi connectivity index (χ0) is 17.8. The maximum absolute atomic E-state index is 12.7. The predicted octanol–water partition coefficient (Wildman–Crippen LogP) is 4.13. The van der Waals surface area contributed by atoms with Gasteiger partial charge in [0.25, 0.3) is 11.8 Å². The Bertz CT molecular complexity index is 928. The number of aryl methyl sites for hydroxylation is 1. The van der Waals surface area contributed by atoms with Gasteiger partial charge in [0.2, 0.25) is 0 Å². The van der Waals surface area contributed by atoms with Crippen LogP contribution in [0.5, 0.6) is 0 Å². The van der Waals surface area contributed by atoms with E-state index in [2.05, 4.69) is 10.6 Å². The van der Waals surface area contributed by atoms with Gasteiger partial charge in [-0.05, 0) is 31.5 Å². The van der Waals surface area contributed by atoms with Crippen LogP contribution in [0.2, 0.25) is 0 Å². The molecule has 0 fully saturated rings. The maximum atomic E-state index is 12.7. The number of rotatable bonds is 5. The molecule has 0 aliphatic heterocycles. The van der Waals surface area contributed by atoms with E-state index in [0.717, 1.165) is 17.4 Å². The van der Waals surface area contributed by atoms with Crippen molar-refractivity contribution < 1.29 is 14.0 Å². The average molecular weight is 336 g/mol. The first-order chi connectivity index (χ1) is 12.1. The van der Waals surface area contributed by atoms with Gasteiger partial charge in [-0.15, -0.1) is 0 Å². The molecule has 3 aromatic rings. The molecular formula is C20H20N2O3. The van der Waals surface area contributed by atoms with Crippen molar-refractivity contribution in [1.29, 1.82) is 0 Å². The molecular weight excluding hydrogens is 316 g/mol. The lowest BCUT2D eigenvalue weighted by molar-refractivity contribution is 0.0954. The highest BCUT2D eigenvalue weighted by molar-refractivity contribution is 6.10. The van der Waals surface area contributed by atoms with E-state index in [1.54, 1.807) is 24.3 Å². The normalized spacial score (nSPS) is 10.6. The lowest BCUT2D eigenvalue weighted by Crippen LogP contribution is -2.25. The van der Waals surface area contributed by atoms with Gasteiger partial charge < -0.3 is 15.1 Å². The van der Waals surface area contributed by atoms with E-state index >= 15 is 0 Å². The van der Waals surface area contributed by atoms with Gasteiger partial charge in [0.1, 0.15) is 5.58 Å². The molecule has 2 N–H and O–H groups in total. The van der Waals surface area contributed by atoms with Gasteiger partial charge in [0.05, 0.1) is 11.3 Å². The average Bonchev–Trinajstić information content (AvgIpc) is 2.97. The number of para-hydroxylation sites is 2. The van der Waals surface area contributed by atoms with E-state index in [0.29, 0.717) is 23.4 Å². The third-order valence-corrected chi connectivity index (χ3v) is 4.01. The van der Waals surface area contributed by atoms with Crippen LogP contribution in [0.15, 0.2) is 52.9 Å². The fourth-order valence-corrected chi connectivity index (χ4v) is 2.69. The summed E-state index contributed by atoms with van der Waals surface area (Å²) >= 11 is 0. The molecule has 0 aliphatic carbocycles. The van der Waals surface area contributed by atoms with Gasteiger partial charge >= 0.3 is 0 Å². The highest BCUT2D eigenvalue weighted by atomic mass is 16.3. The van der Waals surface area contributed by atoms with Crippen molar-refractivity contribution in [2.45, 2.75) is 20.3 Å². The zero-order valence-electron chi connectivity index (χ0n) is 14.3. The molecule has 128 valence electrons. The number of hydrogen-bond acceptors (Lipinski definition) is 3. The summed E-state index contributed by atoms with van der Waals surface area (Å²) in [5.74, 6) is -0.325. The second kappa shape index (κ2) is 7.21. The largest absolute Gasteiger partial charge is 0.451 e. The number of fused-ring (bicyclic) bond motifs is 1. The fourth-order valence-electron chi connectivity index (χ4n) is 2.69. The summed E-state index contributed by atoms with van der Waals surface area (Å²) in [6.45, 7) is 4.42. The molecule has 0 bridgehead atoms. The first kappa shape index (κ1) is 16.8. The molecule has 0 atom stereocenters. The quantitative estimate of drug-likeness (QED) is 0.736. The summed E-state index contributed by atoms with van der Waals surface area (Å²) in [7, 11) is 0. The number of carbonyl (C=O) groups is 2. The summed E-state index contributed by atoms with van der Waals surface area (Å²) in [6, 6.07) is 14.4. The molecule has 1 heterocycles. The second-order valence-electron chi connectivity index (χ2n) is 5.81. The number of nitrogens with one attached hydrogen (secondary N) is 2. The van der Waals surface area contributed by atoms with Crippen molar-refractivity contribution in [3.63, 3.8) is 0 Å². The Morgan fingerprint density at radius 1 is 1.00 bits per heavy atom. The first-order valence-corrected chi connectivity index (χ1v) is 8.28. The molecule has 0 saturated heterocycles. The SMILES string of the molecule is CCCNC(=O)c1ccccc1NC(=O)c1oc2ccccc2c1C. The first-order valence-electron chi connectivity index (χ1n) is 8.28. The van der Waals surface area contributed by atoms with Gasteiger partial charge in [0, 0.05) is 17.5 Å². The Hall–Kier alpha value is -3.08. The van der Waals surface area contributed by atoms with Crippen molar-refractivity contribution in [2.24, 2.45) is 0 Å². The van der Waals surface area contributed by atoms with Crippen LogP contribution in [0.3, 0.4) is 0 Å². The van der Waals surface area contributed by atoms with E-state index in [4.69, 9.17) is 4.42 Å². The summed E-state index contributed by atoms with van der Waals surface area (Å²) in [6.07, 6.45) is 0.846. The van der Waals surface area contributed by atoms with E-state index in [1.807, 2.05) is 38.1 Å². The van der Waals surface area contributed by atoms with Crippen LogP contribution < -0.4 is 10.6 Å². The fraction of sp³-hybridized carbons (Fsp3) is 0.200. The highest BCUT2D eigenvalue weighted by Gasteiger charge is 2.19. The number of furan rings is 1. The Balaban J connectivity index is 1.88. The van der Waals surface area contributed by atoms with Crippen LogP contribution >= 0.6 is 0 Å². The Morgan fingerprint density at radius 3 is 2.48 bits per heavy atom. The van der Waals surface area contributed by atoms with Crippen molar-refractivity contribution in [2.75, 3.05) is 11.9 Å². The van der Waals surface area contributed by atoms with Gasteiger partial charge in [0.15, 0.2) is 5.76 Å². The number of carbonyl (C=O) groups excluding carboxylic acids is 2. The topological polar surface area (TPSA) is 71.3 Å². The molecule has 5 heteroatoms. The lowest BCUT2D eigenvalue weighted by atomic mass is 10.1. The Morgan fingerprint density at radius 2 is 1.72 bits per heavy atom. The maximum Gasteiger partial charge on any atom is 0.291 e. The minimum atomic E-state index is -0.371. The summed E-state index contributed by atoms with van der Waals surface area (Å²) < 4.78 is 5.69. The van der Waals surface area contributed by atoms with Gasteiger partial charge in [-0.1, -0.05) is 37.3 Å². The summed E-state index contributed by atoms with van der Waals surface area (Å²) in [5.41, 5.74) is 2.33. The molecule has 0 aliphatic rings. The standard InChI is InChI=1S/C20H20N2O3/c1-3-12-21-19(23)15-9-4-6-10-16(15)22-20(24)18-13(2)14-8-5-7-11-17(14)25-18/h4-11H,3,12H2,1-2H3,(H,21,23)(H,22,24). The number of amides is 2.